The molecule has 1 aliphatic heterocycles. The minimum Gasteiger partial charge on any atom is -0.493 e. The molecule has 1 aromatic carbocycles. The number of nitrogens with zero attached hydrogens (tertiary/aromatic N) is 3. The summed E-state index contributed by atoms with van der Waals surface area (Å²) in [7, 11) is -2.92. The summed E-state index contributed by atoms with van der Waals surface area (Å²) in [5.41, 5.74) is 1.09. The molecule has 1 saturated carbocycles. The monoisotopic (exact) mass is 524 g/mol. The third-order valence-corrected chi connectivity index (χ3v) is 9.72. The van der Waals surface area contributed by atoms with Crippen LogP contribution in [-0.4, -0.2) is 53.6 Å². The van der Waals surface area contributed by atoms with Gasteiger partial charge in [0.15, 0.2) is 15.7 Å². The zero-order valence-electron chi connectivity index (χ0n) is 21.7. The van der Waals surface area contributed by atoms with Crippen LogP contribution in [0.25, 0.3) is 16.7 Å². The van der Waals surface area contributed by atoms with Gasteiger partial charge in [0.25, 0.3) is 0 Å². The first-order chi connectivity index (χ1) is 17.8. The lowest BCUT2D eigenvalue weighted by atomic mass is 9.69. The number of aromatic nitrogens is 3. The van der Waals surface area contributed by atoms with Crippen LogP contribution in [0.2, 0.25) is 0 Å². The zero-order valence-corrected chi connectivity index (χ0v) is 22.5. The molecule has 1 N–H and O–H groups in total. The van der Waals surface area contributed by atoms with E-state index in [1.165, 1.54) is 0 Å². The van der Waals surface area contributed by atoms with E-state index >= 15 is 0 Å². The maximum Gasteiger partial charge on any atom is 0.183 e. The van der Waals surface area contributed by atoms with Gasteiger partial charge >= 0.3 is 0 Å². The van der Waals surface area contributed by atoms with E-state index in [2.05, 4.69) is 16.5 Å². The first-order valence-electron chi connectivity index (χ1n) is 13.2. The van der Waals surface area contributed by atoms with Gasteiger partial charge in [0.1, 0.15) is 17.4 Å². The van der Waals surface area contributed by atoms with Crippen LogP contribution in [0.5, 0.6) is 5.75 Å². The number of rotatable bonds is 8. The van der Waals surface area contributed by atoms with Gasteiger partial charge in [-0.2, -0.15) is 0 Å². The topological polar surface area (TPSA) is 107 Å². The van der Waals surface area contributed by atoms with Gasteiger partial charge in [-0.1, -0.05) is 13.0 Å². The molecule has 3 heterocycles. The van der Waals surface area contributed by atoms with Crippen LogP contribution in [0.1, 0.15) is 51.8 Å². The molecule has 198 valence electrons. The third-order valence-electron chi connectivity index (χ3n) is 7.88. The van der Waals surface area contributed by atoms with Crippen LogP contribution < -0.4 is 4.74 Å². The van der Waals surface area contributed by atoms with E-state index in [1.807, 2.05) is 49.6 Å². The van der Waals surface area contributed by atoms with Crippen LogP contribution >= 0.6 is 0 Å². The molecule has 2 aromatic heterocycles. The SMILES string of the molecule is CCOC(=N)C1CCC(C)(Cc2nccc(-n3ccc4c(OCC5CCS(=O)(=O)C5)cccc43)n2)CC1. The highest BCUT2D eigenvalue weighted by Crippen LogP contribution is 2.41. The van der Waals surface area contributed by atoms with Crippen molar-refractivity contribution < 1.29 is 17.9 Å². The summed E-state index contributed by atoms with van der Waals surface area (Å²) < 4.78 is 37.1. The van der Waals surface area contributed by atoms with Gasteiger partial charge in [0.05, 0.1) is 30.2 Å². The number of benzene rings is 1. The van der Waals surface area contributed by atoms with Crippen molar-refractivity contribution in [2.45, 2.75) is 52.4 Å². The predicted octanol–water partition coefficient (Wildman–Crippen LogP) is 4.99. The van der Waals surface area contributed by atoms with Crippen molar-refractivity contribution in [3.8, 4) is 11.6 Å². The summed E-state index contributed by atoms with van der Waals surface area (Å²) in [5, 5.41) is 9.10. The van der Waals surface area contributed by atoms with Crippen LogP contribution in [0.4, 0.5) is 0 Å². The Morgan fingerprint density at radius 1 is 1.19 bits per heavy atom. The highest BCUT2D eigenvalue weighted by Gasteiger charge is 2.34. The van der Waals surface area contributed by atoms with Crippen molar-refractivity contribution in [3.05, 3.63) is 48.5 Å². The fourth-order valence-corrected chi connectivity index (χ4v) is 7.53. The molecule has 9 heteroatoms. The molecule has 2 aliphatic rings. The summed E-state index contributed by atoms with van der Waals surface area (Å²) >= 11 is 0. The van der Waals surface area contributed by atoms with Gasteiger partial charge in [-0.25, -0.2) is 18.4 Å². The van der Waals surface area contributed by atoms with Crippen molar-refractivity contribution in [1.29, 1.82) is 5.41 Å². The first kappa shape index (κ1) is 25.7. The molecule has 2 fully saturated rings. The highest BCUT2D eigenvalue weighted by atomic mass is 32.2. The molecule has 1 unspecified atom stereocenters. The Morgan fingerprint density at radius 2 is 2.00 bits per heavy atom. The first-order valence-corrected chi connectivity index (χ1v) is 15.0. The van der Waals surface area contributed by atoms with Crippen molar-refractivity contribution in [1.82, 2.24) is 14.5 Å². The van der Waals surface area contributed by atoms with E-state index in [-0.39, 0.29) is 28.8 Å². The number of hydrogen-bond donors (Lipinski definition) is 1. The van der Waals surface area contributed by atoms with E-state index in [1.54, 1.807) is 0 Å². The number of hydrogen-bond acceptors (Lipinski definition) is 7. The Kier molecular flexibility index (Phi) is 7.25. The lowest BCUT2D eigenvalue weighted by molar-refractivity contribution is 0.173. The normalized spacial score (nSPS) is 25.2. The quantitative estimate of drug-likeness (QED) is 0.329. The maximum atomic E-state index is 11.8. The summed E-state index contributed by atoms with van der Waals surface area (Å²) in [4.78, 5) is 9.51. The van der Waals surface area contributed by atoms with E-state index in [4.69, 9.17) is 19.9 Å². The third kappa shape index (κ3) is 5.81. The lowest BCUT2D eigenvalue weighted by Crippen LogP contribution is -2.31. The van der Waals surface area contributed by atoms with E-state index < -0.39 is 9.84 Å². The zero-order chi connectivity index (χ0) is 26.0. The van der Waals surface area contributed by atoms with E-state index in [0.29, 0.717) is 25.5 Å². The molecule has 1 atom stereocenters. The molecule has 0 spiro atoms. The van der Waals surface area contributed by atoms with Gasteiger partial charge in [-0.3, -0.25) is 5.41 Å². The minimum absolute atomic E-state index is 0.0490. The molecular formula is C28H36N4O4S. The van der Waals surface area contributed by atoms with Crippen LogP contribution in [0.15, 0.2) is 42.7 Å². The Hall–Kier alpha value is -2.94. The molecule has 0 bridgehead atoms. The average molecular weight is 525 g/mol. The molecule has 0 amide bonds. The van der Waals surface area contributed by atoms with Crippen molar-refractivity contribution in [2.24, 2.45) is 17.3 Å². The van der Waals surface area contributed by atoms with Crippen molar-refractivity contribution in [2.75, 3.05) is 24.7 Å². The molecular weight excluding hydrogens is 488 g/mol. The molecule has 1 saturated heterocycles. The molecule has 8 nitrogen and oxygen atoms in total. The number of nitrogens with one attached hydrogen (secondary N) is 1. The Morgan fingerprint density at radius 3 is 2.73 bits per heavy atom. The maximum absolute atomic E-state index is 11.8. The van der Waals surface area contributed by atoms with Crippen LogP contribution in [0.3, 0.4) is 0 Å². The molecule has 1 aliphatic carbocycles. The fraction of sp³-hybridized carbons (Fsp3) is 0.536. The largest absolute Gasteiger partial charge is 0.493 e. The second-order valence-electron chi connectivity index (χ2n) is 10.8. The molecule has 0 radical (unpaired) electrons. The molecule has 37 heavy (non-hydrogen) atoms. The van der Waals surface area contributed by atoms with Crippen molar-refractivity contribution >= 4 is 26.6 Å². The van der Waals surface area contributed by atoms with Gasteiger partial charge in [0.2, 0.25) is 0 Å². The standard InChI is InChI=1S/C28H36N4O4S/c1-3-35-27(29)21-7-12-28(2,13-8-21)17-25-30-14-9-26(31-25)32-15-10-22-23(32)5-4-6-24(22)36-18-20-11-16-37(33,34)19-20/h4-6,9-10,14-15,20-21,29H,3,7-8,11-13,16-19H2,1-2H3. The lowest BCUT2D eigenvalue weighted by Gasteiger charge is -2.36. The number of fused-ring (bicyclic) bond motifs is 1. The van der Waals surface area contributed by atoms with Gasteiger partial charge in [-0.15, -0.1) is 0 Å². The van der Waals surface area contributed by atoms with E-state index in [0.717, 1.165) is 60.4 Å². The average Bonchev–Trinajstić information content (AvgIpc) is 3.46. The minimum atomic E-state index is -2.92. The summed E-state index contributed by atoms with van der Waals surface area (Å²) in [6.07, 6.45) is 9.26. The summed E-state index contributed by atoms with van der Waals surface area (Å²) in [6.45, 7) is 5.19. The Labute approximate surface area is 218 Å². The van der Waals surface area contributed by atoms with Crippen LogP contribution in [0, 0.1) is 22.7 Å². The van der Waals surface area contributed by atoms with Crippen LogP contribution in [-0.2, 0) is 21.0 Å². The second kappa shape index (κ2) is 10.4. The molecule has 3 aromatic rings. The van der Waals surface area contributed by atoms with Gasteiger partial charge in [0, 0.05) is 36.0 Å². The predicted molar refractivity (Wildman–Crippen MR) is 144 cm³/mol. The Bertz CT molecular complexity index is 1380. The van der Waals surface area contributed by atoms with Gasteiger partial charge < -0.3 is 14.0 Å². The number of ether oxygens (including phenoxy) is 2. The number of sulfone groups is 1. The molecule has 5 rings (SSSR count). The smallest absolute Gasteiger partial charge is 0.183 e. The summed E-state index contributed by atoms with van der Waals surface area (Å²) in [5.74, 6) is 3.57. The summed E-state index contributed by atoms with van der Waals surface area (Å²) in [6, 6.07) is 9.88. The van der Waals surface area contributed by atoms with Crippen molar-refractivity contribution in [3.63, 3.8) is 0 Å². The Balaban J connectivity index is 1.29. The highest BCUT2D eigenvalue weighted by molar-refractivity contribution is 7.91. The second-order valence-corrected chi connectivity index (χ2v) is 13.1. The fourth-order valence-electron chi connectivity index (χ4n) is 5.69. The van der Waals surface area contributed by atoms with Gasteiger partial charge in [-0.05, 0) is 68.7 Å². The van der Waals surface area contributed by atoms with E-state index in [9.17, 15) is 8.42 Å².